The number of nitrogens with one attached hydrogen (secondary N) is 1. The average molecular weight is 495 g/mol. The van der Waals surface area contributed by atoms with Crippen molar-refractivity contribution in [3.8, 4) is 0 Å². The Hall–Kier alpha value is -3.94. The molecule has 0 radical (unpaired) electrons. The van der Waals surface area contributed by atoms with Crippen molar-refractivity contribution in [3.63, 3.8) is 0 Å². The lowest BCUT2D eigenvalue weighted by molar-refractivity contribution is -0.145. The zero-order valence-corrected chi connectivity index (χ0v) is 21.1. The van der Waals surface area contributed by atoms with Gasteiger partial charge >= 0.3 is 11.9 Å². The lowest BCUT2D eigenvalue weighted by Crippen LogP contribution is -2.47. The van der Waals surface area contributed by atoms with Crippen LogP contribution in [0.4, 0.5) is 0 Å². The summed E-state index contributed by atoms with van der Waals surface area (Å²) in [7, 11) is 1.26. The van der Waals surface area contributed by atoms with Crippen molar-refractivity contribution >= 4 is 29.8 Å². The summed E-state index contributed by atoms with van der Waals surface area (Å²) in [5.74, 6) is -2.05. The summed E-state index contributed by atoms with van der Waals surface area (Å²) in [5, 5.41) is 13.5. The zero-order chi connectivity index (χ0) is 26.5. The van der Waals surface area contributed by atoms with Crippen LogP contribution in [0, 0.1) is 5.92 Å². The molecule has 2 atom stereocenters. The van der Waals surface area contributed by atoms with Gasteiger partial charge in [0.15, 0.2) is 0 Å². The first-order valence-electron chi connectivity index (χ1n) is 11.9. The molecule has 1 amide bonds. The molecule has 0 saturated carbocycles. The fourth-order valence-corrected chi connectivity index (χ4v) is 3.47. The second kappa shape index (κ2) is 14.5. The van der Waals surface area contributed by atoms with Gasteiger partial charge in [0.05, 0.1) is 13.7 Å². The number of aliphatic hydroxyl groups excluding tert-OH is 1. The van der Waals surface area contributed by atoms with E-state index >= 15 is 0 Å². The molecule has 0 aliphatic rings. The van der Waals surface area contributed by atoms with Gasteiger partial charge < -0.3 is 19.9 Å². The Kier molecular flexibility index (Phi) is 11.4. The van der Waals surface area contributed by atoms with Crippen LogP contribution < -0.4 is 5.32 Å². The van der Waals surface area contributed by atoms with Gasteiger partial charge in [0, 0.05) is 18.2 Å². The molecule has 2 rings (SSSR count). The summed E-state index contributed by atoms with van der Waals surface area (Å²) in [6, 6.07) is 16.0. The van der Waals surface area contributed by atoms with Crippen molar-refractivity contribution in [2.24, 2.45) is 10.9 Å². The van der Waals surface area contributed by atoms with Crippen LogP contribution >= 0.6 is 0 Å². The predicted molar refractivity (Wildman–Crippen MR) is 138 cm³/mol. The van der Waals surface area contributed by atoms with E-state index < -0.39 is 29.9 Å². The Bertz CT molecular complexity index is 1060. The third-order valence-corrected chi connectivity index (χ3v) is 5.26. The minimum Gasteiger partial charge on any atom is -0.506 e. The number of esters is 2. The normalized spacial score (nSPS) is 13.6. The van der Waals surface area contributed by atoms with E-state index in [4.69, 9.17) is 9.47 Å². The molecule has 0 aliphatic carbocycles. The number of hydrogen-bond acceptors (Lipinski definition) is 7. The second-order valence-electron chi connectivity index (χ2n) is 8.55. The summed E-state index contributed by atoms with van der Waals surface area (Å²) in [6.07, 6.45) is 1.77. The van der Waals surface area contributed by atoms with E-state index in [1.54, 1.807) is 37.3 Å². The van der Waals surface area contributed by atoms with Gasteiger partial charge in [0.2, 0.25) is 5.91 Å². The molecule has 0 heterocycles. The smallest absolute Gasteiger partial charge is 0.343 e. The minimum atomic E-state index is -0.916. The Morgan fingerprint density at radius 2 is 1.64 bits per heavy atom. The Morgan fingerprint density at radius 3 is 2.19 bits per heavy atom. The van der Waals surface area contributed by atoms with Crippen LogP contribution in [0.5, 0.6) is 0 Å². The largest absolute Gasteiger partial charge is 0.506 e. The fraction of sp³-hybridized carbons (Fsp3) is 0.357. The average Bonchev–Trinajstić information content (AvgIpc) is 2.88. The number of amides is 1. The van der Waals surface area contributed by atoms with Crippen LogP contribution in [0.3, 0.4) is 0 Å². The van der Waals surface area contributed by atoms with E-state index in [1.165, 1.54) is 7.11 Å². The molecule has 0 bridgehead atoms. The van der Waals surface area contributed by atoms with Gasteiger partial charge in [0.25, 0.3) is 0 Å². The van der Waals surface area contributed by atoms with Crippen molar-refractivity contribution in [2.75, 3.05) is 13.7 Å². The fourth-order valence-electron chi connectivity index (χ4n) is 3.47. The quantitative estimate of drug-likeness (QED) is 0.200. The topological polar surface area (TPSA) is 114 Å². The summed E-state index contributed by atoms with van der Waals surface area (Å²) < 4.78 is 9.98. The van der Waals surface area contributed by atoms with Gasteiger partial charge in [-0.2, -0.15) is 0 Å². The summed E-state index contributed by atoms with van der Waals surface area (Å²) >= 11 is 0. The number of ether oxygens (including phenoxy) is 2. The number of carbonyl (C=O) groups is 3. The van der Waals surface area contributed by atoms with E-state index in [0.717, 1.165) is 11.8 Å². The molecule has 8 heteroatoms. The minimum absolute atomic E-state index is 0.0846. The van der Waals surface area contributed by atoms with Crippen molar-refractivity contribution in [3.05, 3.63) is 77.4 Å². The lowest BCUT2D eigenvalue weighted by Gasteiger charge is -2.20. The van der Waals surface area contributed by atoms with Crippen LogP contribution in [-0.4, -0.2) is 55.0 Å². The van der Waals surface area contributed by atoms with Crippen LogP contribution in [0.25, 0.3) is 5.76 Å². The van der Waals surface area contributed by atoms with E-state index in [0.29, 0.717) is 12.0 Å². The molecular weight excluding hydrogens is 460 g/mol. The molecule has 0 aromatic heterocycles. The molecule has 2 aromatic carbocycles. The van der Waals surface area contributed by atoms with E-state index in [-0.39, 0.29) is 30.3 Å². The lowest BCUT2D eigenvalue weighted by atomic mass is 10.0. The predicted octanol–water partition coefficient (Wildman–Crippen LogP) is 3.90. The van der Waals surface area contributed by atoms with Crippen LogP contribution in [0.15, 0.2) is 71.2 Å². The summed E-state index contributed by atoms with van der Waals surface area (Å²) in [5.41, 5.74) is 1.10. The van der Waals surface area contributed by atoms with E-state index in [1.807, 2.05) is 44.2 Å². The van der Waals surface area contributed by atoms with Crippen LogP contribution in [0.2, 0.25) is 0 Å². The van der Waals surface area contributed by atoms with Crippen LogP contribution in [0.1, 0.15) is 38.3 Å². The molecule has 0 spiro atoms. The number of methoxy groups -OCH3 is 1. The highest BCUT2D eigenvalue weighted by atomic mass is 16.5. The summed E-state index contributed by atoms with van der Waals surface area (Å²) in [4.78, 5) is 42.5. The zero-order valence-electron chi connectivity index (χ0n) is 21.1. The number of aliphatic imine (C=N–C) groups is 1. The standard InChI is InChI=1S/C28H34N2O6/c1-5-36-27(33)22(25(31)21-14-10-7-11-15-21)18-29-23(16-19(2)3)26(32)30-24(28(34)35-4)17-20-12-8-6-9-13-20/h6-15,18-19,23-24,31H,5,16-17H2,1-4H3,(H,30,32)/b25-22+,29-18?/t23-,24-/m0/s1. The molecule has 0 aliphatic heterocycles. The molecular formula is C28H34N2O6. The highest BCUT2D eigenvalue weighted by Gasteiger charge is 2.27. The monoisotopic (exact) mass is 494 g/mol. The number of nitrogens with zero attached hydrogens (tertiary/aromatic N) is 1. The third kappa shape index (κ3) is 8.69. The van der Waals surface area contributed by atoms with Crippen LogP contribution in [-0.2, 0) is 30.3 Å². The van der Waals surface area contributed by atoms with Gasteiger partial charge in [-0.15, -0.1) is 0 Å². The van der Waals surface area contributed by atoms with E-state index in [2.05, 4.69) is 10.3 Å². The molecule has 0 unspecified atom stereocenters. The molecule has 0 fully saturated rings. The van der Waals surface area contributed by atoms with Crippen molar-refractivity contribution in [1.82, 2.24) is 5.32 Å². The van der Waals surface area contributed by atoms with Gasteiger partial charge in [0.1, 0.15) is 23.4 Å². The molecule has 36 heavy (non-hydrogen) atoms. The van der Waals surface area contributed by atoms with Gasteiger partial charge in [-0.3, -0.25) is 9.79 Å². The molecule has 2 N–H and O–H groups in total. The maximum atomic E-state index is 13.2. The first kappa shape index (κ1) is 28.3. The Labute approximate surface area is 212 Å². The first-order chi connectivity index (χ1) is 17.3. The van der Waals surface area contributed by atoms with Crippen molar-refractivity contribution in [1.29, 1.82) is 0 Å². The maximum absolute atomic E-state index is 13.2. The molecule has 8 nitrogen and oxygen atoms in total. The first-order valence-corrected chi connectivity index (χ1v) is 11.9. The maximum Gasteiger partial charge on any atom is 0.343 e. The van der Waals surface area contributed by atoms with Gasteiger partial charge in [-0.25, -0.2) is 9.59 Å². The molecule has 2 aromatic rings. The highest BCUT2D eigenvalue weighted by molar-refractivity contribution is 6.15. The van der Waals surface area contributed by atoms with Gasteiger partial charge in [-0.05, 0) is 24.8 Å². The Balaban J connectivity index is 2.35. The second-order valence-corrected chi connectivity index (χ2v) is 8.55. The number of rotatable bonds is 12. The number of hydrogen-bond donors (Lipinski definition) is 2. The molecule has 192 valence electrons. The van der Waals surface area contributed by atoms with Crippen molar-refractivity contribution < 1.29 is 29.0 Å². The number of aliphatic hydroxyl groups is 1. The SMILES string of the molecule is CCOC(=O)/C(C=N[C@@H](CC(C)C)C(=O)N[C@@H](Cc1ccccc1)C(=O)OC)=C(/O)c1ccccc1. The third-order valence-electron chi connectivity index (χ3n) is 5.26. The van der Waals surface area contributed by atoms with Gasteiger partial charge in [-0.1, -0.05) is 74.5 Å². The summed E-state index contributed by atoms with van der Waals surface area (Å²) in [6.45, 7) is 5.62. The number of carbonyl (C=O) groups excluding carboxylic acids is 3. The highest BCUT2D eigenvalue weighted by Crippen LogP contribution is 2.17. The van der Waals surface area contributed by atoms with E-state index in [9.17, 15) is 19.5 Å². The van der Waals surface area contributed by atoms with Crippen molar-refractivity contribution in [2.45, 2.75) is 45.7 Å². The molecule has 0 saturated heterocycles. The Morgan fingerprint density at radius 1 is 1.03 bits per heavy atom. The number of benzene rings is 2.